The number of fused-ring (bicyclic) bond motifs is 3. The first kappa shape index (κ1) is 26.3. The number of hydrogen-bond donors (Lipinski definition) is 1. The number of rotatable bonds is 5. The average Bonchev–Trinajstić information content (AvgIpc) is 3.33. The first-order valence-electron chi connectivity index (χ1n) is 13.0. The molecule has 0 aliphatic carbocycles. The van der Waals surface area contributed by atoms with E-state index in [1.165, 1.54) is 0 Å². The summed E-state index contributed by atoms with van der Waals surface area (Å²) >= 11 is 0. The van der Waals surface area contributed by atoms with Gasteiger partial charge in [0, 0.05) is 31.6 Å². The van der Waals surface area contributed by atoms with E-state index in [2.05, 4.69) is 11.8 Å². The maximum Gasteiger partial charge on any atom is 0.254 e. The molecule has 2 aliphatic heterocycles. The average molecular weight is 494 g/mol. The summed E-state index contributed by atoms with van der Waals surface area (Å²) in [5.74, 6) is -0.0482. The molecule has 0 spiro atoms. The Balaban J connectivity index is 1.68. The molecule has 1 N–H and O–H groups in total. The zero-order valence-electron chi connectivity index (χ0n) is 21.9. The smallest absolute Gasteiger partial charge is 0.254 e. The molecular weight excluding hydrogens is 454 g/mol. The number of benzene rings is 2. The Hall–Kier alpha value is -2.74. The summed E-state index contributed by atoms with van der Waals surface area (Å²) in [5, 5.41) is 9.99. The van der Waals surface area contributed by atoms with Crippen molar-refractivity contribution in [2.24, 2.45) is 5.92 Å². The molecule has 1 fully saturated rings. The summed E-state index contributed by atoms with van der Waals surface area (Å²) in [6, 6.07) is 15.2. The molecule has 0 radical (unpaired) electrons. The van der Waals surface area contributed by atoms with E-state index in [1.807, 2.05) is 69.6 Å². The van der Waals surface area contributed by atoms with Gasteiger partial charge in [0.15, 0.2) is 0 Å². The monoisotopic (exact) mass is 493 g/mol. The van der Waals surface area contributed by atoms with Crippen LogP contribution in [0.1, 0.15) is 42.6 Å². The Morgan fingerprint density at radius 1 is 1.14 bits per heavy atom. The summed E-state index contributed by atoms with van der Waals surface area (Å²) in [4.78, 5) is 32.8. The lowest BCUT2D eigenvalue weighted by atomic mass is 9.94. The van der Waals surface area contributed by atoms with Crippen molar-refractivity contribution >= 4 is 11.8 Å². The van der Waals surface area contributed by atoms with Gasteiger partial charge < -0.3 is 19.6 Å². The fourth-order valence-corrected chi connectivity index (χ4v) is 5.39. The van der Waals surface area contributed by atoms with Crippen LogP contribution in [0.2, 0.25) is 0 Å². The van der Waals surface area contributed by atoms with Gasteiger partial charge in [-0.05, 0) is 56.1 Å². The third-order valence-electron chi connectivity index (χ3n) is 7.73. The number of carbonyl (C=O) groups excluding carboxylic acids is 2. The van der Waals surface area contributed by atoms with Crippen LogP contribution in [-0.2, 0) is 16.1 Å². The Morgan fingerprint density at radius 3 is 2.47 bits per heavy atom. The van der Waals surface area contributed by atoms with E-state index in [0.29, 0.717) is 25.3 Å². The van der Waals surface area contributed by atoms with Gasteiger partial charge in [-0.25, -0.2) is 0 Å². The van der Waals surface area contributed by atoms with Gasteiger partial charge in [-0.2, -0.15) is 0 Å². The van der Waals surface area contributed by atoms with Crippen LogP contribution in [-0.4, -0.2) is 90.1 Å². The van der Waals surface area contributed by atoms with Crippen molar-refractivity contribution in [3.63, 3.8) is 0 Å². The van der Waals surface area contributed by atoms with E-state index >= 15 is 0 Å². The summed E-state index contributed by atoms with van der Waals surface area (Å²) in [6.07, 6.45) is 1.63. The zero-order chi connectivity index (χ0) is 25.8. The van der Waals surface area contributed by atoms with Gasteiger partial charge in [0.25, 0.3) is 5.91 Å². The van der Waals surface area contributed by atoms with E-state index in [9.17, 15) is 14.7 Å². The standard InChI is InChI=1S/C29H39N3O4/c1-20-16-32(21(2)18-33)28(34)25-13-8-7-12-24(25)23-11-6-5-10-22(23)19-36-27(20)17-31(4)29(35)26-14-9-15-30(26)3/h5-8,10-13,20-21,26-27,33H,9,14-19H2,1-4H3/t20-,21+,26-,27-/m1/s1. The van der Waals surface area contributed by atoms with Crippen LogP contribution in [0.4, 0.5) is 0 Å². The van der Waals surface area contributed by atoms with Crippen molar-refractivity contribution in [3.8, 4) is 11.1 Å². The molecule has 194 valence electrons. The summed E-state index contributed by atoms with van der Waals surface area (Å²) in [6.45, 7) is 5.97. The normalized spacial score (nSPS) is 24.0. The molecule has 7 heteroatoms. The first-order chi connectivity index (χ1) is 17.3. The minimum atomic E-state index is -0.351. The highest BCUT2D eigenvalue weighted by molar-refractivity contribution is 6.01. The van der Waals surface area contributed by atoms with Crippen LogP contribution in [0.5, 0.6) is 0 Å². The van der Waals surface area contributed by atoms with Crippen molar-refractivity contribution in [3.05, 3.63) is 59.7 Å². The lowest BCUT2D eigenvalue weighted by molar-refractivity contribution is -0.137. The number of aliphatic hydroxyl groups excluding tert-OH is 1. The van der Waals surface area contributed by atoms with Crippen molar-refractivity contribution in [2.75, 3.05) is 40.3 Å². The van der Waals surface area contributed by atoms with Crippen LogP contribution >= 0.6 is 0 Å². The Kier molecular flexibility index (Phi) is 8.44. The molecule has 2 aliphatic rings. The molecule has 2 amide bonds. The maximum atomic E-state index is 13.9. The van der Waals surface area contributed by atoms with Gasteiger partial charge in [0.05, 0.1) is 31.4 Å². The van der Waals surface area contributed by atoms with Gasteiger partial charge in [-0.15, -0.1) is 0 Å². The van der Waals surface area contributed by atoms with Crippen LogP contribution in [0.25, 0.3) is 11.1 Å². The third-order valence-corrected chi connectivity index (χ3v) is 7.73. The molecule has 0 aromatic heterocycles. The number of likely N-dealkylation sites (N-methyl/N-ethyl adjacent to an activating group) is 2. The highest BCUT2D eigenvalue weighted by Crippen LogP contribution is 2.31. The number of ether oxygens (including phenoxy) is 1. The summed E-state index contributed by atoms with van der Waals surface area (Å²) < 4.78 is 6.53. The van der Waals surface area contributed by atoms with Crippen molar-refractivity contribution < 1.29 is 19.4 Å². The fraction of sp³-hybridized carbons (Fsp3) is 0.517. The molecule has 0 unspecified atom stereocenters. The van der Waals surface area contributed by atoms with Crippen molar-refractivity contribution in [1.82, 2.24) is 14.7 Å². The molecule has 2 aromatic carbocycles. The first-order valence-corrected chi connectivity index (χ1v) is 13.0. The fourth-order valence-electron chi connectivity index (χ4n) is 5.39. The molecule has 4 atom stereocenters. The van der Waals surface area contributed by atoms with Gasteiger partial charge in [-0.3, -0.25) is 14.5 Å². The van der Waals surface area contributed by atoms with E-state index in [1.54, 1.807) is 9.80 Å². The summed E-state index contributed by atoms with van der Waals surface area (Å²) in [5.41, 5.74) is 3.44. The van der Waals surface area contributed by atoms with E-state index in [-0.39, 0.29) is 42.5 Å². The second-order valence-corrected chi connectivity index (χ2v) is 10.4. The van der Waals surface area contributed by atoms with E-state index in [4.69, 9.17) is 4.74 Å². The zero-order valence-corrected chi connectivity index (χ0v) is 21.9. The van der Waals surface area contributed by atoms with Gasteiger partial charge in [0.1, 0.15) is 0 Å². The number of hydrogen-bond acceptors (Lipinski definition) is 5. The minimum absolute atomic E-state index is 0.0584. The van der Waals surface area contributed by atoms with Crippen LogP contribution in [0.3, 0.4) is 0 Å². The Bertz CT molecular complexity index is 1070. The number of likely N-dealkylation sites (tertiary alicyclic amines) is 1. The van der Waals surface area contributed by atoms with Crippen LogP contribution in [0.15, 0.2) is 48.5 Å². The highest BCUT2D eigenvalue weighted by atomic mass is 16.5. The molecule has 1 saturated heterocycles. The third kappa shape index (κ3) is 5.48. The maximum absolute atomic E-state index is 13.9. The van der Waals surface area contributed by atoms with E-state index in [0.717, 1.165) is 36.1 Å². The highest BCUT2D eigenvalue weighted by Gasteiger charge is 2.34. The predicted octanol–water partition coefficient (Wildman–Crippen LogP) is 3.26. The number of carbonyl (C=O) groups is 2. The topological polar surface area (TPSA) is 73.3 Å². The van der Waals surface area contributed by atoms with Gasteiger partial charge in [0.2, 0.25) is 5.91 Å². The Morgan fingerprint density at radius 2 is 1.81 bits per heavy atom. The molecule has 36 heavy (non-hydrogen) atoms. The van der Waals surface area contributed by atoms with Crippen LogP contribution < -0.4 is 0 Å². The van der Waals surface area contributed by atoms with Crippen molar-refractivity contribution in [2.45, 2.75) is 51.5 Å². The van der Waals surface area contributed by atoms with Gasteiger partial charge in [-0.1, -0.05) is 49.4 Å². The SMILES string of the molecule is C[C@@H]1CN([C@@H](C)CO)C(=O)c2ccccc2-c2ccccc2CO[C@@H]1CN(C)C(=O)[C@H]1CCCN1C. The van der Waals surface area contributed by atoms with Gasteiger partial charge >= 0.3 is 0 Å². The predicted molar refractivity (Wildman–Crippen MR) is 140 cm³/mol. The largest absolute Gasteiger partial charge is 0.394 e. The molecule has 2 aromatic rings. The second kappa shape index (κ2) is 11.5. The Labute approximate surface area is 214 Å². The molecule has 4 rings (SSSR count). The molecule has 2 heterocycles. The number of amides is 2. The minimum Gasteiger partial charge on any atom is -0.394 e. The van der Waals surface area contributed by atoms with Crippen molar-refractivity contribution in [1.29, 1.82) is 0 Å². The molecule has 0 saturated carbocycles. The lowest BCUT2D eigenvalue weighted by Gasteiger charge is -2.35. The lowest BCUT2D eigenvalue weighted by Crippen LogP contribution is -2.49. The number of aliphatic hydroxyl groups is 1. The second-order valence-electron chi connectivity index (χ2n) is 10.4. The molecule has 7 nitrogen and oxygen atoms in total. The van der Waals surface area contributed by atoms with Crippen LogP contribution in [0, 0.1) is 5.92 Å². The molecular formula is C29H39N3O4. The molecule has 0 bridgehead atoms. The summed E-state index contributed by atoms with van der Waals surface area (Å²) in [7, 11) is 3.85. The van der Waals surface area contributed by atoms with E-state index < -0.39 is 0 Å². The quantitative estimate of drug-likeness (QED) is 0.692. The number of nitrogens with zero attached hydrogens (tertiary/aromatic N) is 3.